The fourth-order valence-corrected chi connectivity index (χ4v) is 3.80. The summed E-state index contributed by atoms with van der Waals surface area (Å²) in [5.74, 6) is 3.02. The lowest BCUT2D eigenvalue weighted by Crippen LogP contribution is -2.25. The fourth-order valence-electron chi connectivity index (χ4n) is 3.80. The zero-order valence-electron chi connectivity index (χ0n) is 11.1. The molecule has 2 fully saturated rings. The van der Waals surface area contributed by atoms with Crippen LogP contribution in [0.1, 0.15) is 58.3 Å². The molecule has 94 valence electrons. The summed E-state index contributed by atoms with van der Waals surface area (Å²) in [4.78, 5) is 0. The Kier molecular flexibility index (Phi) is 4.26. The van der Waals surface area contributed by atoms with Gasteiger partial charge in [-0.3, -0.25) is 0 Å². The predicted molar refractivity (Wildman–Crippen MR) is 71.3 cm³/mol. The number of nitrogens with zero attached hydrogens (tertiary/aromatic N) is 1. The van der Waals surface area contributed by atoms with E-state index in [1.54, 1.807) is 0 Å². The standard InChI is InChI=1S/C16H25N/c1-12(2)14-7-9-16(10-8-14)15-5-3-13(11-17)4-6-15/h13-16H,1,3-10H2,2H3/t13-,14-,15+,16-. The minimum absolute atomic E-state index is 0.359. The van der Waals surface area contributed by atoms with Crippen molar-refractivity contribution in [2.24, 2.45) is 23.7 Å². The summed E-state index contributed by atoms with van der Waals surface area (Å²) in [5.41, 5.74) is 1.39. The van der Waals surface area contributed by atoms with Gasteiger partial charge in [0.05, 0.1) is 6.07 Å². The van der Waals surface area contributed by atoms with Crippen molar-refractivity contribution in [3.8, 4) is 6.07 Å². The van der Waals surface area contributed by atoms with E-state index in [4.69, 9.17) is 5.26 Å². The maximum absolute atomic E-state index is 8.92. The lowest BCUT2D eigenvalue weighted by Gasteiger charge is -2.37. The third-order valence-electron chi connectivity index (χ3n) is 5.09. The van der Waals surface area contributed by atoms with Crippen LogP contribution in [-0.2, 0) is 0 Å². The predicted octanol–water partition coefficient (Wildman–Crippen LogP) is 4.70. The monoisotopic (exact) mass is 231 g/mol. The Bertz CT molecular complexity index is 296. The lowest BCUT2D eigenvalue weighted by atomic mass is 9.68. The molecule has 0 heterocycles. The van der Waals surface area contributed by atoms with E-state index >= 15 is 0 Å². The molecule has 0 atom stereocenters. The molecule has 0 aromatic heterocycles. The zero-order valence-corrected chi connectivity index (χ0v) is 11.1. The van der Waals surface area contributed by atoms with E-state index in [0.717, 1.165) is 30.6 Å². The van der Waals surface area contributed by atoms with E-state index in [9.17, 15) is 0 Å². The van der Waals surface area contributed by atoms with E-state index < -0.39 is 0 Å². The topological polar surface area (TPSA) is 23.8 Å². The maximum atomic E-state index is 8.92. The highest BCUT2D eigenvalue weighted by Gasteiger charge is 2.30. The molecule has 1 nitrogen and oxygen atoms in total. The van der Waals surface area contributed by atoms with Crippen molar-refractivity contribution in [3.05, 3.63) is 12.2 Å². The van der Waals surface area contributed by atoms with Gasteiger partial charge in [0.2, 0.25) is 0 Å². The van der Waals surface area contributed by atoms with Gasteiger partial charge < -0.3 is 0 Å². The van der Waals surface area contributed by atoms with E-state index in [1.165, 1.54) is 44.1 Å². The quantitative estimate of drug-likeness (QED) is 0.632. The van der Waals surface area contributed by atoms with E-state index in [0.29, 0.717) is 5.92 Å². The Morgan fingerprint density at radius 3 is 1.82 bits per heavy atom. The molecule has 2 aliphatic rings. The van der Waals surface area contributed by atoms with Gasteiger partial charge in [0.1, 0.15) is 0 Å². The second-order valence-corrected chi connectivity index (χ2v) is 6.20. The summed E-state index contributed by atoms with van der Waals surface area (Å²) < 4.78 is 0. The molecule has 0 spiro atoms. The highest BCUT2D eigenvalue weighted by molar-refractivity contribution is 4.99. The maximum Gasteiger partial charge on any atom is 0.0655 e. The Hall–Kier alpha value is -0.770. The molecule has 0 saturated heterocycles. The van der Waals surface area contributed by atoms with E-state index in [-0.39, 0.29) is 0 Å². The van der Waals surface area contributed by atoms with Crippen LogP contribution in [0.3, 0.4) is 0 Å². The zero-order chi connectivity index (χ0) is 12.3. The number of allylic oxidation sites excluding steroid dienone is 1. The molecule has 0 unspecified atom stereocenters. The summed E-state index contributed by atoms with van der Waals surface area (Å²) in [5, 5.41) is 8.92. The number of rotatable bonds is 2. The first-order valence-corrected chi connectivity index (χ1v) is 7.25. The molecule has 0 aliphatic heterocycles. The molecule has 17 heavy (non-hydrogen) atoms. The van der Waals surface area contributed by atoms with Gasteiger partial charge >= 0.3 is 0 Å². The molecule has 0 N–H and O–H groups in total. The number of hydrogen-bond acceptors (Lipinski definition) is 1. The summed E-state index contributed by atoms with van der Waals surface area (Å²) in [6.07, 6.45) is 10.4. The van der Waals surface area contributed by atoms with Gasteiger partial charge in [0.15, 0.2) is 0 Å². The van der Waals surface area contributed by atoms with Crippen molar-refractivity contribution < 1.29 is 0 Å². The van der Waals surface area contributed by atoms with Crippen molar-refractivity contribution in [2.75, 3.05) is 0 Å². The molecule has 0 bridgehead atoms. The highest BCUT2D eigenvalue weighted by Crippen LogP contribution is 2.42. The van der Waals surface area contributed by atoms with Crippen LogP contribution in [0, 0.1) is 35.0 Å². The minimum Gasteiger partial charge on any atom is -0.198 e. The molecular formula is C16H25N. The molecule has 1 heteroatoms. The molecular weight excluding hydrogens is 206 g/mol. The second-order valence-electron chi connectivity index (χ2n) is 6.20. The van der Waals surface area contributed by atoms with Crippen LogP contribution in [0.25, 0.3) is 0 Å². The average Bonchev–Trinajstić information content (AvgIpc) is 2.39. The highest BCUT2D eigenvalue weighted by atomic mass is 14.4. The van der Waals surface area contributed by atoms with Gasteiger partial charge in [-0.05, 0) is 76.0 Å². The van der Waals surface area contributed by atoms with Gasteiger partial charge in [-0.1, -0.05) is 12.2 Å². The van der Waals surface area contributed by atoms with Crippen molar-refractivity contribution in [1.29, 1.82) is 5.26 Å². The first kappa shape index (κ1) is 12.7. The van der Waals surface area contributed by atoms with E-state index in [1.807, 2.05) is 0 Å². The van der Waals surface area contributed by atoms with E-state index in [2.05, 4.69) is 19.6 Å². The Balaban J connectivity index is 1.78. The molecule has 0 aromatic rings. The molecule has 0 aromatic carbocycles. The Morgan fingerprint density at radius 2 is 1.41 bits per heavy atom. The molecule has 2 saturated carbocycles. The second kappa shape index (κ2) is 5.71. The van der Waals surface area contributed by atoms with Crippen molar-refractivity contribution in [2.45, 2.75) is 58.3 Å². The lowest BCUT2D eigenvalue weighted by molar-refractivity contribution is 0.165. The molecule has 0 amide bonds. The minimum atomic E-state index is 0.359. The third-order valence-corrected chi connectivity index (χ3v) is 5.09. The van der Waals surface area contributed by atoms with Crippen molar-refractivity contribution in [1.82, 2.24) is 0 Å². The van der Waals surface area contributed by atoms with Gasteiger partial charge in [-0.15, -0.1) is 0 Å². The summed E-state index contributed by atoms with van der Waals surface area (Å²) in [6.45, 7) is 6.28. The number of hydrogen-bond donors (Lipinski definition) is 0. The smallest absolute Gasteiger partial charge is 0.0655 e. The normalized spacial score (nSPS) is 38.4. The van der Waals surface area contributed by atoms with Crippen LogP contribution in [0.2, 0.25) is 0 Å². The molecule has 2 rings (SSSR count). The fraction of sp³-hybridized carbons (Fsp3) is 0.812. The van der Waals surface area contributed by atoms with Crippen molar-refractivity contribution >= 4 is 0 Å². The SMILES string of the molecule is C=C(C)[C@H]1CC[C@H]([C@H]2CC[C@@H](C#N)CC2)CC1. The first-order valence-electron chi connectivity index (χ1n) is 7.25. The summed E-state index contributed by atoms with van der Waals surface area (Å²) in [7, 11) is 0. The largest absolute Gasteiger partial charge is 0.198 e. The first-order chi connectivity index (χ1) is 8.20. The molecule has 0 radical (unpaired) electrons. The van der Waals surface area contributed by atoms with Gasteiger partial charge in [-0.2, -0.15) is 5.26 Å². The van der Waals surface area contributed by atoms with Crippen LogP contribution in [0.5, 0.6) is 0 Å². The van der Waals surface area contributed by atoms with Gasteiger partial charge in [0, 0.05) is 5.92 Å². The Morgan fingerprint density at radius 1 is 0.941 bits per heavy atom. The molecule has 2 aliphatic carbocycles. The summed E-state index contributed by atoms with van der Waals surface area (Å²) >= 11 is 0. The third kappa shape index (κ3) is 3.12. The number of nitriles is 1. The van der Waals surface area contributed by atoms with Gasteiger partial charge in [0.25, 0.3) is 0 Å². The van der Waals surface area contributed by atoms with Crippen LogP contribution in [0.4, 0.5) is 0 Å². The van der Waals surface area contributed by atoms with Crippen molar-refractivity contribution in [3.63, 3.8) is 0 Å². The van der Waals surface area contributed by atoms with Crippen LogP contribution in [0.15, 0.2) is 12.2 Å². The van der Waals surface area contributed by atoms with Crippen LogP contribution < -0.4 is 0 Å². The average molecular weight is 231 g/mol. The van der Waals surface area contributed by atoms with Gasteiger partial charge in [-0.25, -0.2) is 0 Å². The van der Waals surface area contributed by atoms with Crippen LogP contribution in [-0.4, -0.2) is 0 Å². The van der Waals surface area contributed by atoms with Crippen LogP contribution >= 0.6 is 0 Å². The summed E-state index contributed by atoms with van der Waals surface area (Å²) in [6, 6.07) is 2.44. The Labute approximate surface area is 106 Å².